The Hall–Kier alpha value is -7.97. The second-order valence-electron chi connectivity index (χ2n) is 38.4. The Kier molecular flexibility index (Phi) is 42.0. The van der Waals surface area contributed by atoms with E-state index in [4.69, 9.17) is 78.2 Å². The number of ether oxygens (including phenoxy) is 5. The van der Waals surface area contributed by atoms with Crippen LogP contribution in [0.5, 0.6) is 23.0 Å². The molecule has 8 aliphatic carbocycles. The van der Waals surface area contributed by atoms with E-state index in [0.29, 0.717) is 85.2 Å². The first-order chi connectivity index (χ1) is 60.7. The molecule has 0 saturated heterocycles. The molecule has 1 amide bonds. The van der Waals surface area contributed by atoms with Gasteiger partial charge < -0.3 is 50.7 Å². The van der Waals surface area contributed by atoms with Gasteiger partial charge in [-0.1, -0.05) is 243 Å². The van der Waals surface area contributed by atoms with Crippen molar-refractivity contribution in [2.24, 2.45) is 41.1 Å². The number of rotatable bonds is 34. The third-order valence-electron chi connectivity index (χ3n) is 29.6. The zero-order chi connectivity index (χ0) is 90.5. The average molecular weight is 1780 g/mol. The molecule has 4 fully saturated rings. The molecule has 0 spiro atoms. The summed E-state index contributed by atoms with van der Waals surface area (Å²) in [7, 11) is 0. The number of carbonyl (C=O) groups is 9. The number of esters is 4. The van der Waals surface area contributed by atoms with E-state index >= 15 is 0 Å². The van der Waals surface area contributed by atoms with Crippen LogP contribution in [0.15, 0.2) is 103 Å². The van der Waals surface area contributed by atoms with Gasteiger partial charge in [-0.15, -0.1) is 0 Å². The number of carbonyl (C=O) groups excluding carboxylic acids is 7. The quantitative estimate of drug-likeness (QED) is 0.00840. The maximum atomic E-state index is 13.1. The molecule has 5 aromatic carbocycles. The van der Waals surface area contributed by atoms with Crippen LogP contribution in [0.2, 0.25) is 0 Å². The molecule has 5 aromatic rings. The van der Waals surface area contributed by atoms with Gasteiger partial charge in [0, 0.05) is 72.9 Å². The van der Waals surface area contributed by atoms with Crippen LogP contribution in [-0.2, 0) is 97.0 Å². The largest absolute Gasteiger partial charge is 0.483 e. The monoisotopic (exact) mass is 1780 g/mol. The van der Waals surface area contributed by atoms with E-state index in [1.165, 1.54) is 134 Å². The van der Waals surface area contributed by atoms with Crippen LogP contribution < -0.4 is 35.7 Å². The number of nitrogens with two attached hydrogens (primary N) is 2. The van der Waals surface area contributed by atoms with Crippen LogP contribution in [0.1, 0.15) is 367 Å². The SMILES string of the molecule is C[C@@]12CCCCC[C@@H](Cc3ccc(OC(=O)CCCCCCCCC(=O)Oc4ccc5c(c4)[C@@]4(C)CCCCC[C@@H](C5)[C@@H]4N)cc31)[C@@H]2N.C[C@H]1[C@H]2CCCCC[C@]1(C)c1cc(OC(=O)CCCCCCCCC(=O)Oc3ccc4c(c3)[C@@]3(C)CCCCC[C@@H](C4)[C@@H]3NC(=O)OCc3ccccc3)ccc1C2.O=C(Cl)CCCCCCCCC(=O)Cl.O=CO.O=CO. The van der Waals surface area contributed by atoms with Gasteiger partial charge in [-0.05, 0) is 272 Å². The zero-order valence-electron chi connectivity index (χ0n) is 76.3. The summed E-state index contributed by atoms with van der Waals surface area (Å²) in [5.41, 5.74) is 25.0. The second-order valence-corrected chi connectivity index (χ2v) is 39.2. The van der Waals surface area contributed by atoms with Crippen LogP contribution in [-0.4, -0.2) is 81.7 Å². The number of carboxylic acid groups (broad SMARTS) is 2. The van der Waals surface area contributed by atoms with Crippen LogP contribution in [0, 0.1) is 29.6 Å². The average Bonchev–Trinajstić information content (AvgIpc) is 0.755. The zero-order valence-corrected chi connectivity index (χ0v) is 77.8. The van der Waals surface area contributed by atoms with Gasteiger partial charge in [0.15, 0.2) is 0 Å². The van der Waals surface area contributed by atoms with Gasteiger partial charge in [-0.2, -0.15) is 0 Å². The van der Waals surface area contributed by atoms with Crippen molar-refractivity contribution >= 4 is 76.6 Å². The summed E-state index contributed by atoms with van der Waals surface area (Å²) in [6.07, 6.45) is 47.6. The fraction of sp³-hybridized carbons (Fsp3) is 0.629. The summed E-state index contributed by atoms with van der Waals surface area (Å²) in [6, 6.07) is 35.0. The van der Waals surface area contributed by atoms with Crippen molar-refractivity contribution in [2.45, 2.75) is 389 Å². The first-order valence-corrected chi connectivity index (χ1v) is 48.9. The van der Waals surface area contributed by atoms with E-state index in [-0.39, 0.29) is 99.8 Å². The number of hydrogen-bond acceptors (Lipinski definition) is 16. The molecule has 7 N–H and O–H groups in total. The van der Waals surface area contributed by atoms with Gasteiger partial charge in [0.1, 0.15) is 29.6 Å². The van der Waals surface area contributed by atoms with E-state index in [1.54, 1.807) is 0 Å². The Balaban J connectivity index is 0.000000237. The van der Waals surface area contributed by atoms with E-state index in [9.17, 15) is 33.6 Å². The molecular formula is C105H147Cl2N3O16. The molecular weight excluding hydrogens is 1630 g/mol. The number of halogens is 2. The normalized spacial score (nSPS) is 24.7. The van der Waals surface area contributed by atoms with Crippen LogP contribution >= 0.6 is 23.2 Å². The number of fused-ring (bicyclic) bond motifs is 16. The third kappa shape index (κ3) is 30.1. The minimum absolute atomic E-state index is 0.0513. The Morgan fingerprint density at radius 2 is 0.667 bits per heavy atom. The summed E-state index contributed by atoms with van der Waals surface area (Å²) >= 11 is 10.4. The highest BCUT2D eigenvalue weighted by molar-refractivity contribution is 6.63. The van der Waals surface area contributed by atoms with Gasteiger partial charge in [-0.3, -0.25) is 38.4 Å². The van der Waals surface area contributed by atoms with Crippen LogP contribution in [0.4, 0.5) is 4.79 Å². The minimum Gasteiger partial charge on any atom is -0.483 e. The molecule has 0 heterocycles. The first-order valence-electron chi connectivity index (χ1n) is 48.1. The number of alkyl carbamates (subject to hydrolysis) is 1. The summed E-state index contributed by atoms with van der Waals surface area (Å²) in [4.78, 5) is 102. The molecule has 8 bridgehead atoms. The number of nitrogens with one attached hydrogen (secondary N) is 1. The van der Waals surface area contributed by atoms with Gasteiger partial charge in [-0.25, -0.2) is 4.79 Å². The smallest absolute Gasteiger partial charge is 0.407 e. The lowest BCUT2D eigenvalue weighted by Gasteiger charge is -2.49. The van der Waals surface area contributed by atoms with Gasteiger partial charge in [0.25, 0.3) is 12.9 Å². The molecule has 12 atom stereocenters. The second kappa shape index (κ2) is 52.0. The Morgan fingerprint density at radius 1 is 0.381 bits per heavy atom. The lowest BCUT2D eigenvalue weighted by atomic mass is 9.57. The van der Waals surface area contributed by atoms with Crippen molar-refractivity contribution in [3.8, 4) is 23.0 Å². The van der Waals surface area contributed by atoms with Crippen LogP contribution in [0.25, 0.3) is 0 Å². The number of amides is 1. The molecule has 0 aromatic heterocycles. The first kappa shape index (κ1) is 102. The van der Waals surface area contributed by atoms with Crippen LogP contribution in [0.3, 0.4) is 0 Å². The van der Waals surface area contributed by atoms with E-state index in [1.807, 2.05) is 54.6 Å². The molecule has 0 unspecified atom stereocenters. The summed E-state index contributed by atoms with van der Waals surface area (Å²) in [6.45, 7) is 11.5. The van der Waals surface area contributed by atoms with Crippen molar-refractivity contribution < 1.29 is 77.0 Å². The molecule has 4 saturated carbocycles. The van der Waals surface area contributed by atoms with Crippen molar-refractivity contribution in [3.05, 3.63) is 153 Å². The van der Waals surface area contributed by atoms with E-state index in [2.05, 4.69) is 88.5 Å². The summed E-state index contributed by atoms with van der Waals surface area (Å²) in [5, 5.41) is 16.6. The fourth-order valence-corrected chi connectivity index (χ4v) is 22.5. The number of unbranched alkanes of at least 4 members (excludes halogenated alkanes) is 15. The lowest BCUT2D eigenvalue weighted by molar-refractivity contribution is -0.135. The Morgan fingerprint density at radius 3 is 1.02 bits per heavy atom. The van der Waals surface area contributed by atoms with Crippen molar-refractivity contribution in [3.63, 3.8) is 0 Å². The predicted octanol–water partition coefficient (Wildman–Crippen LogP) is 23.8. The molecule has 0 radical (unpaired) electrons. The van der Waals surface area contributed by atoms with Gasteiger partial charge >= 0.3 is 30.0 Å². The molecule has 21 heteroatoms. The maximum Gasteiger partial charge on any atom is 0.407 e. The van der Waals surface area contributed by atoms with E-state index < -0.39 is 0 Å². The third-order valence-corrected chi connectivity index (χ3v) is 30.0. The summed E-state index contributed by atoms with van der Waals surface area (Å²) < 4.78 is 29.1. The molecule has 13 rings (SSSR count). The number of hydrogen-bond donors (Lipinski definition) is 5. The molecule has 8 aliphatic rings. The topological polar surface area (TPSA) is 304 Å². The predicted molar refractivity (Wildman–Crippen MR) is 497 cm³/mol. The molecule has 19 nitrogen and oxygen atoms in total. The van der Waals surface area contributed by atoms with E-state index in [0.717, 1.165) is 191 Å². The molecule has 0 aliphatic heterocycles. The Bertz CT molecular complexity index is 4180. The highest BCUT2D eigenvalue weighted by atomic mass is 35.5. The maximum absolute atomic E-state index is 13.1. The molecule has 126 heavy (non-hydrogen) atoms. The van der Waals surface area contributed by atoms with Gasteiger partial charge in [0.2, 0.25) is 10.5 Å². The standard InChI is InChI=1S/C51H67NO6.C42H60N2O4.C10H16Cl2O2.2CH2O2/c1-36-38-21-13-9-17-29-50(36,2)44-33-42(27-25-39(44)31-38)57-46(53)23-15-6-4-5-7-16-24-47(54)58-43-28-26-40-32-41-22-14-10-18-30-51(3,45(40)34-43)48(41)52-49(55)56-35-37-19-11-8-12-20-37;1-41-23-13-7-9-15-31(39(41)43)25-29-19-21-33(27-35(29)41)47-37(45)17-11-5-3-4-6-12-18-38(46)48-34-22-20-30-26-32-16-10-8-14-24-42(2,40(32)44)36(30)28-34;11-9(13)7-5-3-1-2-4-6-8-10(12)14;2*2-1-3/h8,11-12,19-20,25-28,33-34,36,38,41,48H,4-7,9-10,13-18,21-24,29-32,35H2,1-3H3,(H,52,55);19-22,27-28,31-32,39-40H,3-18,23-26,43-44H2,1-2H3;1-8H2;2*1H,(H,2,3)/t36-,38-,41-,48-,50-,51+;31-,32-,39-,40-,41+,42+;;;/m00.../s1. The Labute approximate surface area is 760 Å². The molecule has 692 valence electrons. The highest BCUT2D eigenvalue weighted by Gasteiger charge is 2.49. The summed E-state index contributed by atoms with van der Waals surface area (Å²) in [5.74, 6) is 4.71. The van der Waals surface area contributed by atoms with Crippen molar-refractivity contribution in [1.82, 2.24) is 5.32 Å². The van der Waals surface area contributed by atoms with Gasteiger partial charge in [0.05, 0.1) is 0 Å². The minimum atomic E-state index is -0.379. The fourth-order valence-electron chi connectivity index (χ4n) is 22.2. The lowest BCUT2D eigenvalue weighted by Crippen LogP contribution is -2.57. The van der Waals surface area contributed by atoms with Crippen molar-refractivity contribution in [2.75, 3.05) is 0 Å². The number of benzene rings is 5. The highest BCUT2D eigenvalue weighted by Crippen LogP contribution is 2.53. The van der Waals surface area contributed by atoms with Crippen molar-refractivity contribution in [1.29, 1.82) is 0 Å².